The first-order chi connectivity index (χ1) is 15.6. The molecule has 2 amide bonds. The maximum absolute atomic E-state index is 13.3. The van der Waals surface area contributed by atoms with Crippen molar-refractivity contribution in [3.05, 3.63) is 54.4 Å². The molecule has 1 aromatic carbocycles. The lowest BCUT2D eigenvalue weighted by Crippen LogP contribution is -2.51. The number of piperidine rings is 1. The molecule has 1 aliphatic carbocycles. The summed E-state index contributed by atoms with van der Waals surface area (Å²) < 4.78 is 0. The number of hydrogen-bond acceptors (Lipinski definition) is 3. The predicted molar refractivity (Wildman–Crippen MR) is 127 cm³/mol. The minimum absolute atomic E-state index is 0.115. The van der Waals surface area contributed by atoms with E-state index >= 15 is 0 Å². The van der Waals surface area contributed by atoms with Crippen molar-refractivity contribution in [3.8, 4) is 11.1 Å². The van der Waals surface area contributed by atoms with Crippen LogP contribution in [0.1, 0.15) is 57.4 Å². The molecule has 170 valence electrons. The molecular formula is C27H35N3O2. The molecule has 2 heterocycles. The van der Waals surface area contributed by atoms with Crippen LogP contribution in [-0.4, -0.2) is 41.3 Å². The number of aromatic nitrogens is 1. The van der Waals surface area contributed by atoms with Crippen molar-refractivity contribution in [3.63, 3.8) is 0 Å². The summed E-state index contributed by atoms with van der Waals surface area (Å²) in [5.41, 5.74) is 2.87. The minimum Gasteiger partial charge on any atom is -0.356 e. The van der Waals surface area contributed by atoms with E-state index in [4.69, 9.17) is 0 Å². The van der Waals surface area contributed by atoms with Gasteiger partial charge in [-0.25, -0.2) is 0 Å². The van der Waals surface area contributed by atoms with Crippen LogP contribution in [0.5, 0.6) is 0 Å². The fraction of sp³-hybridized carbons (Fsp3) is 0.519. The third-order valence-electron chi connectivity index (χ3n) is 7.35. The van der Waals surface area contributed by atoms with Gasteiger partial charge >= 0.3 is 0 Å². The summed E-state index contributed by atoms with van der Waals surface area (Å²) in [6, 6.07) is 12.3. The Kier molecular flexibility index (Phi) is 7.23. The molecule has 2 aromatic rings. The summed E-state index contributed by atoms with van der Waals surface area (Å²) in [4.78, 5) is 32.5. The van der Waals surface area contributed by atoms with E-state index < -0.39 is 5.41 Å². The Balaban J connectivity index is 1.52. The first kappa shape index (κ1) is 22.5. The number of pyridine rings is 1. The average Bonchev–Trinajstić information content (AvgIpc) is 3.33. The Morgan fingerprint density at radius 2 is 1.84 bits per heavy atom. The van der Waals surface area contributed by atoms with Crippen LogP contribution >= 0.6 is 0 Å². The number of carbonyl (C=O) groups excluding carboxylic acids is 2. The lowest BCUT2D eigenvalue weighted by Gasteiger charge is -2.41. The number of nitrogens with one attached hydrogen (secondary N) is 1. The normalized spacial score (nSPS) is 18.5. The lowest BCUT2D eigenvalue weighted by atomic mass is 9.72. The van der Waals surface area contributed by atoms with Gasteiger partial charge in [0, 0.05) is 44.0 Å². The van der Waals surface area contributed by atoms with Crippen LogP contribution in [-0.2, 0) is 16.0 Å². The molecule has 5 heteroatoms. The van der Waals surface area contributed by atoms with Gasteiger partial charge in [-0.2, -0.15) is 0 Å². The first-order valence-corrected chi connectivity index (χ1v) is 12.2. The van der Waals surface area contributed by atoms with Gasteiger partial charge in [-0.05, 0) is 62.1 Å². The Morgan fingerprint density at radius 3 is 2.53 bits per heavy atom. The van der Waals surface area contributed by atoms with Crippen molar-refractivity contribution in [2.24, 2.45) is 11.3 Å². The molecule has 2 fully saturated rings. The smallest absolute Gasteiger partial charge is 0.226 e. The largest absolute Gasteiger partial charge is 0.356 e. The second-order valence-corrected chi connectivity index (χ2v) is 9.45. The van der Waals surface area contributed by atoms with E-state index in [1.54, 1.807) is 6.20 Å². The van der Waals surface area contributed by atoms with Gasteiger partial charge in [0.25, 0.3) is 0 Å². The molecule has 0 radical (unpaired) electrons. The molecule has 32 heavy (non-hydrogen) atoms. The summed E-state index contributed by atoms with van der Waals surface area (Å²) in [7, 11) is 0. The molecule has 5 nitrogen and oxygen atoms in total. The highest BCUT2D eigenvalue weighted by molar-refractivity contribution is 5.84. The second-order valence-electron chi connectivity index (χ2n) is 9.45. The Labute approximate surface area is 191 Å². The first-order valence-electron chi connectivity index (χ1n) is 12.2. The molecule has 0 bridgehead atoms. The number of rotatable bonds is 7. The van der Waals surface area contributed by atoms with Crippen LogP contribution in [0.15, 0.2) is 48.8 Å². The highest BCUT2D eigenvalue weighted by Gasteiger charge is 2.42. The zero-order valence-corrected chi connectivity index (χ0v) is 19.2. The summed E-state index contributed by atoms with van der Waals surface area (Å²) >= 11 is 0. The van der Waals surface area contributed by atoms with E-state index in [1.165, 1.54) is 25.7 Å². The van der Waals surface area contributed by atoms with Gasteiger partial charge in [-0.3, -0.25) is 14.6 Å². The fourth-order valence-corrected chi connectivity index (χ4v) is 5.45. The van der Waals surface area contributed by atoms with Gasteiger partial charge in [0.1, 0.15) is 0 Å². The summed E-state index contributed by atoms with van der Waals surface area (Å²) in [5, 5.41) is 3.08. The summed E-state index contributed by atoms with van der Waals surface area (Å²) in [6.07, 6.45) is 11.3. The molecule has 1 N–H and O–H groups in total. The number of nitrogens with zero attached hydrogens (tertiary/aromatic N) is 2. The zero-order valence-electron chi connectivity index (χ0n) is 19.2. The van der Waals surface area contributed by atoms with Crippen molar-refractivity contribution in [1.29, 1.82) is 0 Å². The quantitative estimate of drug-likeness (QED) is 0.693. The van der Waals surface area contributed by atoms with E-state index in [9.17, 15) is 9.59 Å². The maximum atomic E-state index is 13.3. The van der Waals surface area contributed by atoms with Gasteiger partial charge in [-0.1, -0.05) is 43.2 Å². The molecule has 4 rings (SSSR count). The summed E-state index contributed by atoms with van der Waals surface area (Å²) in [5.74, 6) is 0.949. The van der Waals surface area contributed by atoms with Crippen LogP contribution in [0, 0.1) is 11.3 Å². The summed E-state index contributed by atoms with van der Waals surface area (Å²) in [6.45, 7) is 3.92. The van der Waals surface area contributed by atoms with Crippen LogP contribution in [0.2, 0.25) is 0 Å². The third-order valence-corrected chi connectivity index (χ3v) is 7.35. The van der Waals surface area contributed by atoms with Crippen molar-refractivity contribution >= 4 is 11.8 Å². The monoisotopic (exact) mass is 433 g/mol. The van der Waals surface area contributed by atoms with E-state index in [0.29, 0.717) is 51.2 Å². The zero-order chi connectivity index (χ0) is 22.4. The van der Waals surface area contributed by atoms with Gasteiger partial charge in [0.05, 0.1) is 5.41 Å². The Bertz CT molecular complexity index is 914. The van der Waals surface area contributed by atoms with Crippen molar-refractivity contribution in [2.45, 2.75) is 58.3 Å². The average molecular weight is 434 g/mol. The molecule has 0 spiro atoms. The molecule has 2 aliphatic rings. The Hall–Kier alpha value is -2.69. The minimum atomic E-state index is -0.488. The Morgan fingerprint density at radius 1 is 1.09 bits per heavy atom. The highest BCUT2D eigenvalue weighted by atomic mass is 16.2. The van der Waals surface area contributed by atoms with E-state index in [2.05, 4.69) is 28.5 Å². The molecule has 1 saturated carbocycles. The molecule has 0 unspecified atom stereocenters. The SMILES string of the molecule is CCNC(=O)C1(Cc2ccccc2-c2cccnc2)CCN(C(=O)CC2CCCC2)CC1. The third kappa shape index (κ3) is 5.03. The fourth-order valence-electron chi connectivity index (χ4n) is 5.45. The van der Waals surface area contributed by atoms with Gasteiger partial charge < -0.3 is 10.2 Å². The van der Waals surface area contributed by atoms with E-state index in [1.807, 2.05) is 36.2 Å². The number of carbonyl (C=O) groups is 2. The van der Waals surface area contributed by atoms with Gasteiger partial charge in [0.2, 0.25) is 11.8 Å². The van der Waals surface area contributed by atoms with Gasteiger partial charge in [0.15, 0.2) is 0 Å². The maximum Gasteiger partial charge on any atom is 0.226 e. The van der Waals surface area contributed by atoms with Crippen molar-refractivity contribution in [1.82, 2.24) is 15.2 Å². The number of likely N-dealkylation sites (tertiary alicyclic amines) is 1. The van der Waals surface area contributed by atoms with Crippen LogP contribution in [0.25, 0.3) is 11.1 Å². The van der Waals surface area contributed by atoms with Crippen LogP contribution in [0.4, 0.5) is 0 Å². The van der Waals surface area contributed by atoms with Crippen molar-refractivity contribution in [2.75, 3.05) is 19.6 Å². The predicted octanol–water partition coefficient (Wildman–Crippen LogP) is 4.62. The van der Waals surface area contributed by atoms with Crippen molar-refractivity contribution < 1.29 is 9.59 Å². The molecule has 1 aromatic heterocycles. The van der Waals surface area contributed by atoms with Gasteiger partial charge in [-0.15, -0.1) is 0 Å². The highest BCUT2D eigenvalue weighted by Crippen LogP contribution is 2.39. The number of hydrogen-bond donors (Lipinski definition) is 1. The second kappa shape index (κ2) is 10.3. The number of amides is 2. The molecule has 1 saturated heterocycles. The lowest BCUT2D eigenvalue weighted by molar-refractivity contribution is -0.141. The van der Waals surface area contributed by atoms with E-state index in [0.717, 1.165) is 16.7 Å². The number of benzene rings is 1. The molecule has 1 aliphatic heterocycles. The topological polar surface area (TPSA) is 62.3 Å². The molecular weight excluding hydrogens is 398 g/mol. The molecule has 0 atom stereocenters. The van der Waals surface area contributed by atoms with Crippen LogP contribution in [0.3, 0.4) is 0 Å². The van der Waals surface area contributed by atoms with E-state index in [-0.39, 0.29) is 11.8 Å². The van der Waals surface area contributed by atoms with Crippen LogP contribution < -0.4 is 5.32 Å². The standard InChI is InChI=1S/C27H35N3O2/c1-2-29-26(32)27(13-16-30(17-14-27)25(31)18-21-8-3-4-9-21)19-22-10-5-6-12-24(22)23-11-7-15-28-20-23/h5-7,10-12,15,20-21H,2-4,8-9,13-14,16-19H2,1H3,(H,29,32).